The van der Waals surface area contributed by atoms with Crippen molar-refractivity contribution in [1.29, 1.82) is 0 Å². The van der Waals surface area contributed by atoms with Crippen molar-refractivity contribution in [3.05, 3.63) is 34.2 Å². The van der Waals surface area contributed by atoms with E-state index in [9.17, 15) is 4.79 Å². The molecule has 0 unspecified atom stereocenters. The highest BCUT2D eigenvalue weighted by atomic mass is 32.2. The highest BCUT2D eigenvalue weighted by Gasteiger charge is 2.13. The van der Waals surface area contributed by atoms with Crippen LogP contribution in [0, 0.1) is 12.8 Å². The molecule has 0 aliphatic heterocycles. The summed E-state index contributed by atoms with van der Waals surface area (Å²) in [6.07, 6.45) is 1.11. The summed E-state index contributed by atoms with van der Waals surface area (Å²) in [6, 6.07) is 5.28. The van der Waals surface area contributed by atoms with E-state index < -0.39 is 0 Å². The van der Waals surface area contributed by atoms with Gasteiger partial charge in [-0.05, 0) is 37.0 Å². The Bertz CT molecular complexity index is 848. The number of aromatic nitrogens is 1. The van der Waals surface area contributed by atoms with Gasteiger partial charge in [0.1, 0.15) is 0 Å². The second-order valence-electron chi connectivity index (χ2n) is 5.55. The third-order valence-electron chi connectivity index (χ3n) is 3.38. The number of rotatable bonds is 4. The second kappa shape index (κ2) is 5.56. The first kappa shape index (κ1) is 14.2. The highest BCUT2D eigenvalue weighted by molar-refractivity contribution is 7.99. The van der Waals surface area contributed by atoms with E-state index in [0.717, 1.165) is 23.1 Å². The Hall–Kier alpha value is -1.75. The average molecular weight is 303 g/mol. The first-order valence-corrected chi connectivity index (χ1v) is 8.00. The summed E-state index contributed by atoms with van der Waals surface area (Å²) in [5.74, 6) is 1.62. The van der Waals surface area contributed by atoms with Crippen LogP contribution >= 0.6 is 11.8 Å². The third-order valence-corrected chi connectivity index (χ3v) is 4.24. The van der Waals surface area contributed by atoms with Crippen LogP contribution in [0.4, 0.5) is 0 Å². The Kier molecular flexibility index (Phi) is 3.76. The van der Waals surface area contributed by atoms with E-state index in [1.54, 1.807) is 11.8 Å². The molecule has 2 aromatic heterocycles. The van der Waals surface area contributed by atoms with Gasteiger partial charge in [-0.2, -0.15) is 4.98 Å². The third kappa shape index (κ3) is 2.83. The Morgan fingerprint density at radius 2 is 2.10 bits per heavy atom. The fourth-order valence-electron chi connectivity index (χ4n) is 2.19. The summed E-state index contributed by atoms with van der Waals surface area (Å²) in [5, 5.41) is 1.52. The first-order chi connectivity index (χ1) is 10.0. The summed E-state index contributed by atoms with van der Waals surface area (Å²) in [4.78, 5) is 16.1. The molecule has 2 heterocycles. The van der Waals surface area contributed by atoms with Gasteiger partial charge in [0, 0.05) is 17.2 Å². The van der Waals surface area contributed by atoms with Gasteiger partial charge in [0.2, 0.25) is 0 Å². The molecule has 0 amide bonds. The van der Waals surface area contributed by atoms with Crippen LogP contribution in [-0.4, -0.2) is 10.7 Å². The highest BCUT2D eigenvalue weighted by Crippen LogP contribution is 2.30. The molecular formula is C16H17NO3S. The molecule has 5 heteroatoms. The molecule has 21 heavy (non-hydrogen) atoms. The maximum atomic E-state index is 11.6. The molecule has 0 aliphatic rings. The lowest BCUT2D eigenvalue weighted by atomic mass is 10.1. The molecule has 0 fully saturated rings. The molecule has 1 aromatic carbocycles. The smallest absolute Gasteiger partial charge is 0.336 e. The van der Waals surface area contributed by atoms with Crippen LogP contribution in [-0.2, 0) is 0 Å². The minimum Gasteiger partial charge on any atom is -0.431 e. The van der Waals surface area contributed by atoms with Gasteiger partial charge in [0.15, 0.2) is 16.7 Å². The molecule has 0 spiro atoms. The van der Waals surface area contributed by atoms with Crippen molar-refractivity contribution in [2.24, 2.45) is 5.92 Å². The zero-order valence-corrected chi connectivity index (χ0v) is 13.1. The van der Waals surface area contributed by atoms with Crippen molar-refractivity contribution in [2.75, 3.05) is 5.75 Å². The first-order valence-electron chi connectivity index (χ1n) is 7.01. The molecule has 3 rings (SSSR count). The summed E-state index contributed by atoms with van der Waals surface area (Å²) in [5.41, 5.74) is 2.32. The van der Waals surface area contributed by atoms with Crippen molar-refractivity contribution in [1.82, 2.24) is 4.98 Å². The summed E-state index contributed by atoms with van der Waals surface area (Å²) < 4.78 is 11.1. The number of nitrogens with zero attached hydrogens (tertiary/aromatic N) is 1. The predicted molar refractivity (Wildman–Crippen MR) is 85.0 cm³/mol. The predicted octanol–water partition coefficient (Wildman–Crippen LogP) is 4.38. The SMILES string of the molecule is Cc1cc(=O)oc2c1ccc1oc(SCCC(C)C)nc12. The lowest BCUT2D eigenvalue weighted by Gasteiger charge is -2.00. The van der Waals surface area contributed by atoms with E-state index in [-0.39, 0.29) is 5.63 Å². The minimum atomic E-state index is -0.357. The maximum Gasteiger partial charge on any atom is 0.336 e. The van der Waals surface area contributed by atoms with Crippen LogP contribution in [0.5, 0.6) is 0 Å². The van der Waals surface area contributed by atoms with Crippen molar-refractivity contribution < 1.29 is 8.83 Å². The Morgan fingerprint density at radius 1 is 1.29 bits per heavy atom. The van der Waals surface area contributed by atoms with Crippen LogP contribution in [0.25, 0.3) is 22.1 Å². The number of thioether (sulfide) groups is 1. The van der Waals surface area contributed by atoms with Crippen LogP contribution < -0.4 is 5.63 Å². The van der Waals surface area contributed by atoms with Crippen molar-refractivity contribution in [3.63, 3.8) is 0 Å². The normalized spacial score (nSPS) is 11.8. The summed E-state index contributed by atoms with van der Waals surface area (Å²) >= 11 is 1.59. The largest absolute Gasteiger partial charge is 0.431 e. The van der Waals surface area contributed by atoms with Crippen molar-refractivity contribution >= 4 is 33.8 Å². The molecule has 110 valence electrons. The molecule has 0 radical (unpaired) electrons. The van der Waals surface area contributed by atoms with Crippen molar-refractivity contribution in [3.8, 4) is 0 Å². The van der Waals surface area contributed by atoms with Crippen LogP contribution in [0.3, 0.4) is 0 Å². The number of hydrogen-bond donors (Lipinski definition) is 0. The summed E-state index contributed by atoms with van der Waals surface area (Å²) in [7, 11) is 0. The van der Waals surface area contributed by atoms with Gasteiger partial charge in [-0.15, -0.1) is 0 Å². The van der Waals surface area contributed by atoms with Gasteiger partial charge in [-0.25, -0.2) is 4.79 Å². The number of aryl methyl sites for hydroxylation is 1. The van der Waals surface area contributed by atoms with E-state index >= 15 is 0 Å². The van der Waals surface area contributed by atoms with E-state index in [0.29, 0.717) is 27.8 Å². The second-order valence-corrected chi connectivity index (χ2v) is 6.59. The molecule has 0 saturated heterocycles. The van der Waals surface area contributed by atoms with E-state index in [2.05, 4.69) is 18.8 Å². The van der Waals surface area contributed by atoms with Crippen LogP contribution in [0.2, 0.25) is 0 Å². The number of benzene rings is 1. The molecule has 0 atom stereocenters. The lowest BCUT2D eigenvalue weighted by molar-refractivity contribution is 0.488. The molecule has 4 nitrogen and oxygen atoms in total. The Balaban J connectivity index is 2.04. The molecule has 0 N–H and O–H groups in total. The molecular weight excluding hydrogens is 286 g/mol. The summed E-state index contributed by atoms with van der Waals surface area (Å²) in [6.45, 7) is 6.28. The Morgan fingerprint density at radius 3 is 2.86 bits per heavy atom. The molecule has 0 saturated carbocycles. The van der Waals surface area contributed by atoms with E-state index in [1.165, 1.54) is 6.07 Å². The topological polar surface area (TPSA) is 56.2 Å². The van der Waals surface area contributed by atoms with E-state index in [4.69, 9.17) is 8.83 Å². The standard InChI is InChI=1S/C16H17NO3S/c1-9(2)6-7-21-16-17-14-12(19-16)5-4-11-10(3)8-13(18)20-15(11)14/h4-5,8-9H,6-7H2,1-3H3. The van der Waals surface area contributed by atoms with E-state index in [1.807, 2.05) is 19.1 Å². The zero-order valence-electron chi connectivity index (χ0n) is 12.3. The van der Waals surface area contributed by atoms with Crippen LogP contribution in [0.15, 0.2) is 37.1 Å². The van der Waals surface area contributed by atoms with Gasteiger partial charge in [-0.1, -0.05) is 25.6 Å². The Labute approximate surface area is 126 Å². The van der Waals surface area contributed by atoms with Crippen molar-refractivity contribution in [2.45, 2.75) is 32.4 Å². The monoisotopic (exact) mass is 303 g/mol. The molecule has 0 bridgehead atoms. The minimum absolute atomic E-state index is 0.357. The van der Waals surface area contributed by atoms with Gasteiger partial charge in [0.25, 0.3) is 5.22 Å². The quantitative estimate of drug-likeness (QED) is 0.529. The number of hydrogen-bond acceptors (Lipinski definition) is 5. The zero-order chi connectivity index (χ0) is 15.0. The maximum absolute atomic E-state index is 11.6. The van der Waals surface area contributed by atoms with Gasteiger partial charge >= 0.3 is 5.63 Å². The lowest BCUT2D eigenvalue weighted by Crippen LogP contribution is -1.97. The molecule has 0 aliphatic carbocycles. The molecule has 3 aromatic rings. The van der Waals surface area contributed by atoms with Gasteiger partial charge in [0.05, 0.1) is 0 Å². The fourth-order valence-corrected chi connectivity index (χ4v) is 3.26. The van der Waals surface area contributed by atoms with Crippen LogP contribution in [0.1, 0.15) is 25.8 Å². The van der Waals surface area contributed by atoms with Gasteiger partial charge in [-0.3, -0.25) is 0 Å². The average Bonchev–Trinajstić information content (AvgIpc) is 2.81. The fraction of sp³-hybridized carbons (Fsp3) is 0.375. The van der Waals surface area contributed by atoms with Gasteiger partial charge < -0.3 is 8.83 Å². The number of fused-ring (bicyclic) bond motifs is 3. The number of oxazole rings is 1.